The van der Waals surface area contributed by atoms with Crippen LogP contribution in [0.4, 0.5) is 10.1 Å². The molecule has 0 saturated carbocycles. The van der Waals surface area contributed by atoms with Gasteiger partial charge in [0, 0.05) is 16.2 Å². The van der Waals surface area contributed by atoms with Crippen LogP contribution in [0.3, 0.4) is 0 Å². The number of hydrogen-bond donors (Lipinski definition) is 1. The second-order valence-corrected chi connectivity index (χ2v) is 4.97. The Morgan fingerprint density at radius 3 is 2.71 bits per heavy atom. The molecule has 2 aromatic rings. The number of hydrogen-bond acceptors (Lipinski definition) is 2. The molecule has 0 fully saturated rings. The van der Waals surface area contributed by atoms with Crippen molar-refractivity contribution in [2.45, 2.75) is 17.6 Å². The standard InChI is InChI=1S/C14H14FNS/c1-10-4-2-6-12(8-10)17-9-11-5-3-7-13(16)14(11)15/h2-8H,9,16H2,1H3. The first-order chi connectivity index (χ1) is 8.16. The molecule has 0 radical (unpaired) electrons. The second kappa shape index (κ2) is 5.23. The fourth-order valence-corrected chi connectivity index (χ4v) is 2.57. The highest BCUT2D eigenvalue weighted by Gasteiger charge is 2.05. The van der Waals surface area contributed by atoms with Crippen LogP contribution in [0.25, 0.3) is 0 Å². The van der Waals surface area contributed by atoms with E-state index in [1.807, 2.05) is 25.1 Å². The van der Waals surface area contributed by atoms with E-state index >= 15 is 0 Å². The van der Waals surface area contributed by atoms with E-state index in [2.05, 4.69) is 6.07 Å². The summed E-state index contributed by atoms with van der Waals surface area (Å²) in [4.78, 5) is 1.15. The van der Waals surface area contributed by atoms with Gasteiger partial charge in [-0.1, -0.05) is 29.8 Å². The molecule has 0 aliphatic heterocycles. The van der Waals surface area contributed by atoms with Crippen molar-refractivity contribution in [2.75, 3.05) is 5.73 Å². The average molecular weight is 247 g/mol. The van der Waals surface area contributed by atoms with E-state index < -0.39 is 0 Å². The predicted octanol–water partition coefficient (Wildman–Crippen LogP) is 4.01. The Labute approximate surface area is 105 Å². The number of thioether (sulfide) groups is 1. The number of nitrogens with two attached hydrogens (primary N) is 1. The Kier molecular flexibility index (Phi) is 3.69. The SMILES string of the molecule is Cc1cccc(SCc2cccc(N)c2F)c1. The van der Waals surface area contributed by atoms with Crippen molar-refractivity contribution in [1.29, 1.82) is 0 Å². The van der Waals surface area contributed by atoms with E-state index in [1.165, 1.54) is 5.56 Å². The third-order valence-electron chi connectivity index (χ3n) is 2.49. The van der Waals surface area contributed by atoms with Gasteiger partial charge in [0.05, 0.1) is 5.69 Å². The Bertz CT molecular complexity index is 525. The maximum atomic E-state index is 13.6. The number of aryl methyl sites for hydroxylation is 1. The summed E-state index contributed by atoms with van der Waals surface area (Å²) < 4.78 is 13.6. The number of anilines is 1. The van der Waals surface area contributed by atoms with Gasteiger partial charge in [-0.15, -0.1) is 11.8 Å². The molecule has 0 aliphatic rings. The molecular weight excluding hydrogens is 233 g/mol. The van der Waals surface area contributed by atoms with Crippen LogP contribution < -0.4 is 5.73 Å². The van der Waals surface area contributed by atoms with Crippen LogP contribution in [-0.4, -0.2) is 0 Å². The second-order valence-electron chi connectivity index (χ2n) is 3.93. The lowest BCUT2D eigenvalue weighted by molar-refractivity contribution is 0.622. The van der Waals surface area contributed by atoms with Crippen molar-refractivity contribution in [3.63, 3.8) is 0 Å². The fraction of sp³-hybridized carbons (Fsp3) is 0.143. The molecule has 1 nitrogen and oxygen atoms in total. The first-order valence-electron chi connectivity index (χ1n) is 5.39. The summed E-state index contributed by atoms with van der Waals surface area (Å²) in [6, 6.07) is 13.3. The van der Waals surface area contributed by atoms with Gasteiger partial charge in [0.15, 0.2) is 0 Å². The summed E-state index contributed by atoms with van der Waals surface area (Å²) in [6.07, 6.45) is 0. The van der Waals surface area contributed by atoms with E-state index in [-0.39, 0.29) is 11.5 Å². The van der Waals surface area contributed by atoms with Crippen molar-refractivity contribution in [2.24, 2.45) is 0 Å². The number of benzene rings is 2. The van der Waals surface area contributed by atoms with Gasteiger partial charge in [-0.3, -0.25) is 0 Å². The molecule has 2 rings (SSSR count). The summed E-state index contributed by atoms with van der Waals surface area (Å²) >= 11 is 1.61. The van der Waals surface area contributed by atoms with E-state index in [1.54, 1.807) is 30.0 Å². The highest BCUT2D eigenvalue weighted by Crippen LogP contribution is 2.26. The molecule has 0 bridgehead atoms. The first-order valence-corrected chi connectivity index (χ1v) is 6.37. The predicted molar refractivity (Wildman–Crippen MR) is 71.6 cm³/mol. The fourth-order valence-electron chi connectivity index (χ4n) is 1.58. The van der Waals surface area contributed by atoms with Gasteiger partial charge in [0.25, 0.3) is 0 Å². The monoisotopic (exact) mass is 247 g/mol. The summed E-state index contributed by atoms with van der Waals surface area (Å²) in [5.74, 6) is 0.299. The number of rotatable bonds is 3. The Morgan fingerprint density at radius 2 is 1.94 bits per heavy atom. The van der Waals surface area contributed by atoms with Crippen LogP contribution in [0.5, 0.6) is 0 Å². The molecule has 0 unspecified atom stereocenters. The minimum atomic E-state index is -0.298. The first kappa shape index (κ1) is 12.0. The van der Waals surface area contributed by atoms with Gasteiger partial charge in [0.1, 0.15) is 5.82 Å². The van der Waals surface area contributed by atoms with Gasteiger partial charge in [-0.2, -0.15) is 0 Å². The summed E-state index contributed by atoms with van der Waals surface area (Å²) in [5.41, 5.74) is 7.61. The molecule has 2 aromatic carbocycles. The maximum Gasteiger partial charge on any atom is 0.150 e. The minimum Gasteiger partial charge on any atom is -0.396 e. The Morgan fingerprint density at radius 1 is 1.18 bits per heavy atom. The molecule has 3 heteroatoms. The van der Waals surface area contributed by atoms with Crippen molar-refractivity contribution in [3.05, 3.63) is 59.4 Å². The molecule has 0 aromatic heterocycles. The third kappa shape index (κ3) is 3.01. The summed E-state index contributed by atoms with van der Waals surface area (Å²) in [7, 11) is 0. The van der Waals surface area contributed by atoms with Crippen molar-refractivity contribution < 1.29 is 4.39 Å². The van der Waals surface area contributed by atoms with Crippen LogP contribution in [0.2, 0.25) is 0 Å². The smallest absolute Gasteiger partial charge is 0.150 e. The van der Waals surface area contributed by atoms with Gasteiger partial charge in [-0.25, -0.2) is 4.39 Å². The van der Waals surface area contributed by atoms with Crippen molar-refractivity contribution in [3.8, 4) is 0 Å². The Hall–Kier alpha value is -1.48. The lowest BCUT2D eigenvalue weighted by atomic mass is 10.2. The molecular formula is C14H14FNS. The highest BCUT2D eigenvalue weighted by atomic mass is 32.2. The summed E-state index contributed by atoms with van der Waals surface area (Å²) in [5, 5.41) is 0. The topological polar surface area (TPSA) is 26.0 Å². The van der Waals surface area contributed by atoms with Gasteiger partial charge in [0.2, 0.25) is 0 Å². The zero-order chi connectivity index (χ0) is 12.3. The molecule has 0 heterocycles. The maximum absolute atomic E-state index is 13.6. The van der Waals surface area contributed by atoms with Crippen LogP contribution in [-0.2, 0) is 5.75 Å². The van der Waals surface area contributed by atoms with E-state index in [0.29, 0.717) is 11.3 Å². The van der Waals surface area contributed by atoms with Crippen molar-refractivity contribution >= 4 is 17.4 Å². The van der Waals surface area contributed by atoms with E-state index in [0.717, 1.165) is 4.90 Å². The molecule has 0 spiro atoms. The highest BCUT2D eigenvalue weighted by molar-refractivity contribution is 7.98. The molecule has 0 aliphatic carbocycles. The zero-order valence-corrected chi connectivity index (χ0v) is 10.4. The van der Waals surface area contributed by atoms with Gasteiger partial charge < -0.3 is 5.73 Å². The molecule has 0 atom stereocenters. The molecule has 17 heavy (non-hydrogen) atoms. The average Bonchev–Trinajstić information content (AvgIpc) is 2.31. The molecule has 88 valence electrons. The van der Waals surface area contributed by atoms with Crippen LogP contribution in [0, 0.1) is 12.7 Å². The molecule has 0 amide bonds. The van der Waals surface area contributed by atoms with Gasteiger partial charge in [-0.05, 0) is 25.1 Å². The normalized spacial score (nSPS) is 10.5. The van der Waals surface area contributed by atoms with Gasteiger partial charge >= 0.3 is 0 Å². The zero-order valence-electron chi connectivity index (χ0n) is 9.61. The van der Waals surface area contributed by atoms with Crippen LogP contribution in [0.15, 0.2) is 47.4 Å². The molecule has 0 saturated heterocycles. The third-order valence-corrected chi connectivity index (χ3v) is 3.54. The van der Waals surface area contributed by atoms with Crippen molar-refractivity contribution in [1.82, 2.24) is 0 Å². The molecule has 2 N–H and O–H groups in total. The van der Waals surface area contributed by atoms with Crippen LogP contribution >= 0.6 is 11.8 Å². The largest absolute Gasteiger partial charge is 0.396 e. The quantitative estimate of drug-likeness (QED) is 0.655. The minimum absolute atomic E-state index is 0.215. The summed E-state index contributed by atoms with van der Waals surface area (Å²) in [6.45, 7) is 2.05. The van der Waals surface area contributed by atoms with E-state index in [9.17, 15) is 4.39 Å². The number of nitrogen functional groups attached to an aromatic ring is 1. The van der Waals surface area contributed by atoms with E-state index in [4.69, 9.17) is 5.73 Å². The lowest BCUT2D eigenvalue weighted by Crippen LogP contribution is -1.95. The Balaban J connectivity index is 2.10. The number of halogens is 1. The van der Waals surface area contributed by atoms with Crippen LogP contribution in [0.1, 0.15) is 11.1 Å². The lowest BCUT2D eigenvalue weighted by Gasteiger charge is -2.05.